The van der Waals surface area contributed by atoms with Crippen molar-refractivity contribution in [1.82, 2.24) is 0 Å². The molecule has 0 N–H and O–H groups in total. The summed E-state index contributed by atoms with van der Waals surface area (Å²) in [5, 5.41) is 11.7. The number of nitro groups is 1. The Kier molecular flexibility index (Phi) is 4.14. The number of rotatable bonds is 3. The second-order valence-electron chi connectivity index (χ2n) is 3.67. The van der Waals surface area contributed by atoms with E-state index < -0.39 is 4.92 Å². The summed E-state index contributed by atoms with van der Waals surface area (Å²) in [6, 6.07) is 11.2. The molecule has 0 bridgehead atoms. The van der Waals surface area contributed by atoms with Crippen molar-refractivity contribution in [3.8, 4) is 0 Å². The fourth-order valence-corrected chi connectivity index (χ4v) is 1.95. The maximum atomic E-state index is 10.8. The van der Waals surface area contributed by atoms with Gasteiger partial charge in [-0.05, 0) is 24.3 Å². The highest BCUT2D eigenvalue weighted by Crippen LogP contribution is 2.28. The van der Waals surface area contributed by atoms with Crippen molar-refractivity contribution >= 4 is 40.8 Å². The summed E-state index contributed by atoms with van der Waals surface area (Å²) in [7, 11) is 0. The van der Waals surface area contributed by atoms with E-state index >= 15 is 0 Å². The van der Waals surface area contributed by atoms with Gasteiger partial charge in [-0.1, -0.05) is 35.3 Å². The van der Waals surface area contributed by atoms with Crippen LogP contribution in [-0.2, 0) is 0 Å². The smallest absolute Gasteiger partial charge is 0.258 e. The lowest BCUT2D eigenvalue weighted by Gasteiger charge is -1.99. The first-order valence-corrected chi connectivity index (χ1v) is 6.06. The van der Waals surface area contributed by atoms with E-state index in [1.165, 1.54) is 12.3 Å². The van der Waals surface area contributed by atoms with Gasteiger partial charge in [-0.25, -0.2) is 0 Å². The summed E-state index contributed by atoms with van der Waals surface area (Å²) in [4.78, 5) is 14.5. The van der Waals surface area contributed by atoms with Crippen LogP contribution < -0.4 is 0 Å². The third-order valence-corrected chi connectivity index (χ3v) is 2.92. The molecule has 0 unspecified atom stereocenters. The van der Waals surface area contributed by atoms with Gasteiger partial charge in [0.15, 0.2) is 0 Å². The predicted molar refractivity (Wildman–Crippen MR) is 76.8 cm³/mol. The molecule has 0 aliphatic rings. The zero-order valence-corrected chi connectivity index (χ0v) is 11.1. The molecule has 19 heavy (non-hydrogen) atoms. The minimum atomic E-state index is -0.454. The third-order valence-electron chi connectivity index (χ3n) is 2.39. The molecule has 0 aliphatic heterocycles. The summed E-state index contributed by atoms with van der Waals surface area (Å²) in [5.41, 5.74) is 0.916. The van der Waals surface area contributed by atoms with Crippen LogP contribution in [0.25, 0.3) is 0 Å². The van der Waals surface area contributed by atoms with E-state index in [2.05, 4.69) is 4.99 Å². The highest BCUT2D eigenvalue weighted by atomic mass is 35.5. The molecule has 0 saturated heterocycles. The average Bonchev–Trinajstić information content (AvgIpc) is 2.38. The Bertz CT molecular complexity index is 657. The van der Waals surface area contributed by atoms with Gasteiger partial charge in [0.2, 0.25) is 0 Å². The van der Waals surface area contributed by atoms with Gasteiger partial charge in [0, 0.05) is 17.3 Å². The molecule has 4 nitrogen and oxygen atoms in total. The van der Waals surface area contributed by atoms with E-state index in [4.69, 9.17) is 23.2 Å². The molecule has 0 aliphatic carbocycles. The summed E-state index contributed by atoms with van der Waals surface area (Å²) in [5.74, 6) is 0. The molecule has 0 heterocycles. The Morgan fingerprint density at radius 2 is 1.89 bits per heavy atom. The summed E-state index contributed by atoms with van der Waals surface area (Å²) < 4.78 is 0. The molecule has 2 aromatic carbocycles. The molecule has 0 saturated carbocycles. The molecule has 2 rings (SSSR count). The van der Waals surface area contributed by atoms with Crippen molar-refractivity contribution in [3.05, 3.63) is 68.2 Å². The predicted octanol–water partition coefficient (Wildman–Crippen LogP) is 4.65. The van der Waals surface area contributed by atoms with Crippen LogP contribution in [0.2, 0.25) is 10.0 Å². The molecule has 0 aromatic heterocycles. The molecule has 2 aromatic rings. The van der Waals surface area contributed by atoms with E-state index in [-0.39, 0.29) is 5.69 Å². The van der Waals surface area contributed by atoms with Crippen LogP contribution in [0.15, 0.2) is 47.5 Å². The SMILES string of the molecule is O=[N+]([O-])c1ccccc1C=Nc1ccc(Cl)cc1Cl. The van der Waals surface area contributed by atoms with E-state index in [0.29, 0.717) is 21.3 Å². The summed E-state index contributed by atoms with van der Waals surface area (Å²) in [6.07, 6.45) is 1.41. The number of para-hydroxylation sites is 1. The Morgan fingerprint density at radius 1 is 1.16 bits per heavy atom. The van der Waals surface area contributed by atoms with Gasteiger partial charge in [-0.2, -0.15) is 0 Å². The van der Waals surface area contributed by atoms with Crippen molar-refractivity contribution < 1.29 is 4.92 Å². The van der Waals surface area contributed by atoms with E-state index in [1.54, 1.807) is 36.4 Å². The number of aliphatic imine (C=N–C) groups is 1. The minimum Gasteiger partial charge on any atom is -0.258 e. The molecule has 0 spiro atoms. The first-order chi connectivity index (χ1) is 9.08. The zero-order chi connectivity index (χ0) is 13.8. The van der Waals surface area contributed by atoms with Gasteiger partial charge >= 0.3 is 0 Å². The van der Waals surface area contributed by atoms with Gasteiger partial charge in [0.1, 0.15) is 0 Å². The van der Waals surface area contributed by atoms with Crippen molar-refractivity contribution in [3.63, 3.8) is 0 Å². The first kappa shape index (κ1) is 13.5. The Labute approximate surface area is 119 Å². The number of halogens is 2. The summed E-state index contributed by atoms with van der Waals surface area (Å²) >= 11 is 11.7. The second-order valence-corrected chi connectivity index (χ2v) is 4.51. The third kappa shape index (κ3) is 3.30. The Balaban J connectivity index is 2.35. The lowest BCUT2D eigenvalue weighted by molar-refractivity contribution is -0.385. The molecule has 6 heteroatoms. The fourth-order valence-electron chi connectivity index (χ4n) is 1.49. The van der Waals surface area contributed by atoms with Crippen LogP contribution in [0.5, 0.6) is 0 Å². The molecule has 0 amide bonds. The molecule has 0 atom stereocenters. The minimum absolute atomic E-state index is 0.00339. The lowest BCUT2D eigenvalue weighted by atomic mass is 10.2. The average molecular weight is 295 g/mol. The highest BCUT2D eigenvalue weighted by molar-refractivity contribution is 6.36. The lowest BCUT2D eigenvalue weighted by Crippen LogP contribution is -1.93. The molecule has 0 radical (unpaired) electrons. The monoisotopic (exact) mass is 294 g/mol. The van der Waals surface area contributed by atoms with Crippen molar-refractivity contribution in [2.45, 2.75) is 0 Å². The molecule has 0 fully saturated rings. The maximum Gasteiger partial charge on any atom is 0.278 e. The zero-order valence-electron chi connectivity index (χ0n) is 9.59. The van der Waals surface area contributed by atoms with E-state index in [9.17, 15) is 10.1 Å². The quantitative estimate of drug-likeness (QED) is 0.470. The van der Waals surface area contributed by atoms with Crippen LogP contribution in [-0.4, -0.2) is 11.1 Å². The van der Waals surface area contributed by atoms with E-state index in [1.807, 2.05) is 0 Å². The Hall–Kier alpha value is -1.91. The maximum absolute atomic E-state index is 10.8. The van der Waals surface area contributed by atoms with Gasteiger partial charge < -0.3 is 0 Å². The van der Waals surface area contributed by atoms with Gasteiger partial charge in [-0.15, -0.1) is 0 Å². The second kappa shape index (κ2) is 5.82. The van der Waals surface area contributed by atoms with Crippen LogP contribution >= 0.6 is 23.2 Å². The van der Waals surface area contributed by atoms with Crippen LogP contribution in [0.3, 0.4) is 0 Å². The number of nitrogens with zero attached hydrogens (tertiary/aromatic N) is 2. The fraction of sp³-hybridized carbons (Fsp3) is 0. The van der Waals surface area contributed by atoms with Crippen molar-refractivity contribution in [2.24, 2.45) is 4.99 Å². The number of benzene rings is 2. The summed E-state index contributed by atoms with van der Waals surface area (Å²) in [6.45, 7) is 0. The van der Waals surface area contributed by atoms with Gasteiger partial charge in [0.25, 0.3) is 5.69 Å². The Morgan fingerprint density at radius 3 is 2.58 bits per heavy atom. The topological polar surface area (TPSA) is 55.5 Å². The van der Waals surface area contributed by atoms with Crippen molar-refractivity contribution in [2.75, 3.05) is 0 Å². The molecular formula is C13H8Cl2N2O2. The van der Waals surface area contributed by atoms with Crippen LogP contribution in [0.4, 0.5) is 11.4 Å². The number of hydrogen-bond donors (Lipinski definition) is 0. The first-order valence-electron chi connectivity index (χ1n) is 5.30. The molecule has 96 valence electrons. The molecular weight excluding hydrogens is 287 g/mol. The van der Waals surface area contributed by atoms with Crippen molar-refractivity contribution in [1.29, 1.82) is 0 Å². The van der Waals surface area contributed by atoms with E-state index in [0.717, 1.165) is 0 Å². The largest absolute Gasteiger partial charge is 0.278 e. The van der Waals surface area contributed by atoms with Crippen LogP contribution in [0.1, 0.15) is 5.56 Å². The van der Waals surface area contributed by atoms with Gasteiger partial charge in [-0.3, -0.25) is 15.1 Å². The number of nitro benzene ring substituents is 1. The standard InChI is InChI=1S/C13H8Cl2N2O2/c14-10-5-6-12(11(15)7-10)16-8-9-3-1-2-4-13(9)17(18)19/h1-8H. The normalized spacial score (nSPS) is 10.8. The van der Waals surface area contributed by atoms with Crippen LogP contribution in [0, 0.1) is 10.1 Å². The number of hydrogen-bond acceptors (Lipinski definition) is 3. The highest BCUT2D eigenvalue weighted by Gasteiger charge is 2.10. The van der Waals surface area contributed by atoms with Gasteiger partial charge in [0.05, 0.1) is 21.2 Å².